The van der Waals surface area contributed by atoms with Gasteiger partial charge in [0.2, 0.25) is 5.91 Å². The van der Waals surface area contributed by atoms with Gasteiger partial charge >= 0.3 is 6.09 Å². The van der Waals surface area contributed by atoms with Crippen LogP contribution in [0.1, 0.15) is 32.8 Å². The first kappa shape index (κ1) is 20.0. The molecule has 134 valence electrons. The molecular formula is C18H28N2O4. The summed E-state index contributed by atoms with van der Waals surface area (Å²) in [5, 5.41) is 9.04. The first-order valence-electron chi connectivity index (χ1n) is 8.09. The van der Waals surface area contributed by atoms with E-state index in [2.05, 4.69) is 0 Å². The Hall–Kier alpha value is -2.08. The van der Waals surface area contributed by atoms with Crippen LogP contribution < -0.4 is 0 Å². The third-order valence-corrected chi connectivity index (χ3v) is 3.23. The second-order valence-electron chi connectivity index (χ2n) is 6.71. The highest BCUT2D eigenvalue weighted by Crippen LogP contribution is 2.10. The molecule has 0 spiro atoms. The van der Waals surface area contributed by atoms with Crippen LogP contribution in [0.15, 0.2) is 30.3 Å². The number of hydrogen-bond donors (Lipinski definition) is 1. The van der Waals surface area contributed by atoms with E-state index < -0.39 is 11.7 Å². The summed E-state index contributed by atoms with van der Waals surface area (Å²) >= 11 is 0. The lowest BCUT2D eigenvalue weighted by Gasteiger charge is -2.27. The molecule has 0 unspecified atom stereocenters. The van der Waals surface area contributed by atoms with Crippen LogP contribution in [0.3, 0.4) is 0 Å². The second-order valence-corrected chi connectivity index (χ2v) is 6.71. The summed E-state index contributed by atoms with van der Waals surface area (Å²) < 4.78 is 5.26. The molecule has 0 heterocycles. The predicted molar refractivity (Wildman–Crippen MR) is 92.4 cm³/mol. The van der Waals surface area contributed by atoms with Gasteiger partial charge in [0.05, 0.1) is 0 Å². The fourth-order valence-corrected chi connectivity index (χ4v) is 2.06. The number of ether oxygens (including phenoxy) is 1. The Morgan fingerprint density at radius 2 is 1.79 bits per heavy atom. The summed E-state index contributed by atoms with van der Waals surface area (Å²) in [6.07, 6.45) is -0.0352. The molecule has 0 saturated heterocycles. The number of hydrogen-bond acceptors (Lipinski definition) is 4. The third kappa shape index (κ3) is 7.46. The highest BCUT2D eigenvalue weighted by molar-refractivity contribution is 5.82. The molecule has 0 saturated carbocycles. The normalized spacial score (nSPS) is 11.0. The molecule has 0 fully saturated rings. The van der Waals surface area contributed by atoms with Crippen LogP contribution in [0.4, 0.5) is 4.79 Å². The van der Waals surface area contributed by atoms with Crippen LogP contribution in [-0.2, 0) is 16.1 Å². The minimum Gasteiger partial charge on any atom is -0.444 e. The number of carbonyl (C=O) groups excluding carboxylic acids is 2. The first-order chi connectivity index (χ1) is 11.2. The van der Waals surface area contributed by atoms with Crippen molar-refractivity contribution in [2.45, 2.75) is 39.3 Å². The van der Waals surface area contributed by atoms with E-state index >= 15 is 0 Å². The van der Waals surface area contributed by atoms with E-state index in [1.165, 1.54) is 4.90 Å². The molecule has 1 rings (SSSR count). The lowest BCUT2D eigenvalue weighted by molar-refractivity contribution is -0.132. The molecule has 0 atom stereocenters. The van der Waals surface area contributed by atoms with Crippen molar-refractivity contribution < 1.29 is 19.4 Å². The molecule has 0 bridgehead atoms. The van der Waals surface area contributed by atoms with Crippen molar-refractivity contribution in [1.29, 1.82) is 0 Å². The maximum Gasteiger partial charge on any atom is 0.410 e. The number of aliphatic hydroxyl groups is 1. The topological polar surface area (TPSA) is 70.1 Å². The number of carbonyl (C=O) groups is 2. The summed E-state index contributed by atoms with van der Waals surface area (Å²) in [7, 11) is 1.54. The van der Waals surface area contributed by atoms with Crippen molar-refractivity contribution in [3.63, 3.8) is 0 Å². The van der Waals surface area contributed by atoms with Crippen molar-refractivity contribution in [3.8, 4) is 0 Å². The molecule has 0 aliphatic rings. The van der Waals surface area contributed by atoms with Gasteiger partial charge in [-0.25, -0.2) is 4.79 Å². The lowest BCUT2D eigenvalue weighted by Crippen LogP contribution is -2.43. The maximum atomic E-state index is 12.5. The maximum absolute atomic E-state index is 12.5. The molecule has 1 aromatic rings. The van der Waals surface area contributed by atoms with Crippen LogP contribution >= 0.6 is 0 Å². The van der Waals surface area contributed by atoms with Crippen molar-refractivity contribution in [1.82, 2.24) is 9.80 Å². The monoisotopic (exact) mass is 336 g/mol. The van der Waals surface area contributed by atoms with Gasteiger partial charge in [0.15, 0.2) is 0 Å². The van der Waals surface area contributed by atoms with Crippen LogP contribution in [0.2, 0.25) is 0 Å². The zero-order valence-electron chi connectivity index (χ0n) is 15.0. The van der Waals surface area contributed by atoms with Gasteiger partial charge < -0.3 is 19.6 Å². The van der Waals surface area contributed by atoms with E-state index in [0.29, 0.717) is 19.5 Å². The Labute approximate surface area is 144 Å². The zero-order chi connectivity index (χ0) is 18.2. The number of nitrogens with zero attached hydrogens (tertiary/aromatic N) is 2. The SMILES string of the molecule is CN(CC(=O)N(CCCO)Cc1ccccc1)C(=O)OC(C)(C)C. The van der Waals surface area contributed by atoms with E-state index in [0.717, 1.165) is 5.56 Å². The van der Waals surface area contributed by atoms with Gasteiger partial charge in [0.25, 0.3) is 0 Å². The van der Waals surface area contributed by atoms with Gasteiger partial charge in [-0.2, -0.15) is 0 Å². The fraction of sp³-hybridized carbons (Fsp3) is 0.556. The zero-order valence-corrected chi connectivity index (χ0v) is 15.0. The standard InChI is InChI=1S/C18H28N2O4/c1-18(2,3)24-17(23)19(4)14-16(22)20(11-8-12-21)13-15-9-6-5-7-10-15/h5-7,9-10,21H,8,11-14H2,1-4H3. The second kappa shape index (κ2) is 9.27. The average molecular weight is 336 g/mol. The fourth-order valence-electron chi connectivity index (χ4n) is 2.06. The Balaban J connectivity index is 2.68. The summed E-state index contributed by atoms with van der Waals surface area (Å²) in [6.45, 7) is 6.18. The molecule has 0 radical (unpaired) electrons. The summed E-state index contributed by atoms with van der Waals surface area (Å²) in [6, 6.07) is 9.63. The van der Waals surface area contributed by atoms with Gasteiger partial charge in [-0.15, -0.1) is 0 Å². The Kier molecular flexibility index (Phi) is 7.71. The predicted octanol–water partition coefficient (Wildman–Crippen LogP) is 2.26. The van der Waals surface area contributed by atoms with Gasteiger partial charge in [-0.1, -0.05) is 30.3 Å². The van der Waals surface area contributed by atoms with Gasteiger partial charge in [0, 0.05) is 26.7 Å². The molecule has 1 aromatic carbocycles. The van der Waals surface area contributed by atoms with Crippen LogP contribution in [0, 0.1) is 0 Å². The largest absolute Gasteiger partial charge is 0.444 e. The molecule has 0 aliphatic heterocycles. The number of amides is 2. The van der Waals surface area contributed by atoms with Crippen LogP contribution in [0.5, 0.6) is 0 Å². The minimum absolute atomic E-state index is 0.0144. The number of likely N-dealkylation sites (N-methyl/N-ethyl adjacent to an activating group) is 1. The van der Waals surface area contributed by atoms with E-state index in [1.807, 2.05) is 30.3 Å². The quantitative estimate of drug-likeness (QED) is 0.829. The molecule has 0 aromatic heterocycles. The molecule has 2 amide bonds. The van der Waals surface area contributed by atoms with Gasteiger partial charge in [-0.3, -0.25) is 4.79 Å². The highest BCUT2D eigenvalue weighted by atomic mass is 16.6. The van der Waals surface area contributed by atoms with Crippen molar-refractivity contribution in [2.75, 3.05) is 26.7 Å². The molecule has 1 N–H and O–H groups in total. The van der Waals surface area contributed by atoms with Crippen LogP contribution in [-0.4, -0.2) is 59.3 Å². The van der Waals surface area contributed by atoms with Crippen molar-refractivity contribution in [3.05, 3.63) is 35.9 Å². The van der Waals surface area contributed by atoms with E-state index in [1.54, 1.807) is 32.7 Å². The first-order valence-corrected chi connectivity index (χ1v) is 8.09. The summed E-state index contributed by atoms with van der Waals surface area (Å²) in [4.78, 5) is 27.4. The van der Waals surface area contributed by atoms with Gasteiger partial charge in [0.1, 0.15) is 12.1 Å². The minimum atomic E-state index is -0.602. The lowest BCUT2D eigenvalue weighted by atomic mass is 10.2. The highest BCUT2D eigenvalue weighted by Gasteiger charge is 2.23. The Bertz CT molecular complexity index is 526. The molecule has 6 nitrogen and oxygen atoms in total. The third-order valence-electron chi connectivity index (χ3n) is 3.23. The van der Waals surface area contributed by atoms with Crippen molar-refractivity contribution >= 4 is 12.0 Å². The molecule has 0 aliphatic carbocycles. The molecular weight excluding hydrogens is 308 g/mol. The van der Waals surface area contributed by atoms with E-state index in [-0.39, 0.29) is 19.1 Å². The molecule has 24 heavy (non-hydrogen) atoms. The average Bonchev–Trinajstić information content (AvgIpc) is 2.50. The smallest absolute Gasteiger partial charge is 0.410 e. The Morgan fingerprint density at radius 1 is 1.17 bits per heavy atom. The van der Waals surface area contributed by atoms with E-state index in [4.69, 9.17) is 9.84 Å². The summed E-state index contributed by atoms with van der Waals surface area (Å²) in [5.74, 6) is -0.180. The van der Waals surface area contributed by atoms with E-state index in [9.17, 15) is 9.59 Å². The van der Waals surface area contributed by atoms with Crippen LogP contribution in [0.25, 0.3) is 0 Å². The number of benzene rings is 1. The van der Waals surface area contributed by atoms with Crippen molar-refractivity contribution in [2.24, 2.45) is 0 Å². The number of rotatable bonds is 7. The molecule has 6 heteroatoms. The van der Waals surface area contributed by atoms with Gasteiger partial charge in [-0.05, 0) is 32.8 Å². The Morgan fingerprint density at radius 3 is 2.33 bits per heavy atom. The number of aliphatic hydroxyl groups excluding tert-OH is 1. The summed E-state index contributed by atoms with van der Waals surface area (Å²) in [5.41, 5.74) is 0.401.